The molecule has 0 unspecified atom stereocenters. The Hall–Kier alpha value is -0.300. The van der Waals surface area contributed by atoms with Crippen LogP contribution in [0, 0.1) is 11.8 Å². The van der Waals surface area contributed by atoms with Gasteiger partial charge in [-0.2, -0.15) is 0 Å². The van der Waals surface area contributed by atoms with E-state index in [9.17, 15) is 5.11 Å². The Morgan fingerprint density at radius 2 is 1.85 bits per heavy atom. The maximum absolute atomic E-state index is 9.85. The van der Waals surface area contributed by atoms with Crippen molar-refractivity contribution in [2.45, 2.75) is 52.1 Å². The monoisotopic (exact) mass is 182 g/mol. The SMILES string of the molecule is C=C(C)[C@@H](O)[C@@H](C)C1CCCCC1. The van der Waals surface area contributed by atoms with Crippen molar-refractivity contribution < 1.29 is 5.11 Å². The molecule has 0 aromatic carbocycles. The Bertz CT molecular complexity index is 168. The molecule has 13 heavy (non-hydrogen) atoms. The fraction of sp³-hybridized carbons (Fsp3) is 0.833. The Morgan fingerprint density at radius 3 is 2.31 bits per heavy atom. The number of aliphatic hydroxyl groups is 1. The Labute approximate surface area is 81.9 Å². The molecule has 1 aliphatic carbocycles. The molecule has 2 atom stereocenters. The van der Waals surface area contributed by atoms with Gasteiger partial charge in [0.15, 0.2) is 0 Å². The van der Waals surface area contributed by atoms with E-state index in [1.54, 1.807) is 0 Å². The highest BCUT2D eigenvalue weighted by Crippen LogP contribution is 2.32. The van der Waals surface area contributed by atoms with Gasteiger partial charge in [0, 0.05) is 0 Å². The van der Waals surface area contributed by atoms with Gasteiger partial charge in [-0.1, -0.05) is 51.2 Å². The Balaban J connectivity index is 2.44. The third-order valence-corrected chi connectivity index (χ3v) is 3.40. The lowest BCUT2D eigenvalue weighted by molar-refractivity contribution is 0.0964. The molecule has 1 aliphatic rings. The van der Waals surface area contributed by atoms with E-state index >= 15 is 0 Å². The van der Waals surface area contributed by atoms with Crippen LogP contribution in [-0.2, 0) is 0 Å². The molecule has 76 valence electrons. The molecule has 0 spiro atoms. The zero-order valence-electron chi connectivity index (χ0n) is 8.92. The van der Waals surface area contributed by atoms with Crippen LogP contribution in [-0.4, -0.2) is 11.2 Å². The second-order valence-electron chi connectivity index (χ2n) is 4.55. The van der Waals surface area contributed by atoms with Crippen molar-refractivity contribution in [2.24, 2.45) is 11.8 Å². The molecule has 1 fully saturated rings. The van der Waals surface area contributed by atoms with Crippen LogP contribution in [0.4, 0.5) is 0 Å². The van der Waals surface area contributed by atoms with Crippen molar-refractivity contribution in [3.8, 4) is 0 Å². The molecule has 0 amide bonds. The fourth-order valence-electron chi connectivity index (χ4n) is 2.37. The van der Waals surface area contributed by atoms with Crippen molar-refractivity contribution in [1.82, 2.24) is 0 Å². The largest absolute Gasteiger partial charge is 0.388 e. The molecule has 1 N–H and O–H groups in total. The molecule has 1 rings (SSSR count). The van der Waals surface area contributed by atoms with Gasteiger partial charge in [0.1, 0.15) is 0 Å². The topological polar surface area (TPSA) is 20.2 Å². The normalized spacial score (nSPS) is 23.9. The first kappa shape index (κ1) is 10.8. The average molecular weight is 182 g/mol. The molecule has 0 aromatic heterocycles. The average Bonchev–Trinajstić information content (AvgIpc) is 2.17. The van der Waals surface area contributed by atoms with Crippen LogP contribution < -0.4 is 0 Å². The zero-order valence-corrected chi connectivity index (χ0v) is 8.92. The summed E-state index contributed by atoms with van der Waals surface area (Å²) in [4.78, 5) is 0. The summed E-state index contributed by atoms with van der Waals surface area (Å²) in [6.07, 6.45) is 6.38. The first-order valence-corrected chi connectivity index (χ1v) is 5.46. The molecule has 0 aromatic rings. The Morgan fingerprint density at radius 1 is 1.31 bits per heavy atom. The second kappa shape index (κ2) is 4.80. The minimum Gasteiger partial charge on any atom is -0.388 e. The highest BCUT2D eigenvalue weighted by atomic mass is 16.3. The van der Waals surface area contributed by atoms with Gasteiger partial charge in [0.25, 0.3) is 0 Å². The van der Waals surface area contributed by atoms with Crippen LogP contribution in [0.3, 0.4) is 0 Å². The van der Waals surface area contributed by atoms with Crippen molar-refractivity contribution >= 4 is 0 Å². The molecule has 1 heteroatoms. The smallest absolute Gasteiger partial charge is 0.0772 e. The summed E-state index contributed by atoms with van der Waals surface area (Å²) in [5, 5.41) is 9.85. The molecule has 0 aliphatic heterocycles. The fourth-order valence-corrected chi connectivity index (χ4v) is 2.37. The summed E-state index contributed by atoms with van der Waals surface area (Å²) in [5.41, 5.74) is 0.915. The van der Waals surface area contributed by atoms with Crippen LogP contribution in [0.25, 0.3) is 0 Å². The highest BCUT2D eigenvalue weighted by molar-refractivity contribution is 5.00. The predicted molar refractivity (Wildman–Crippen MR) is 56.6 cm³/mol. The summed E-state index contributed by atoms with van der Waals surface area (Å²) in [7, 11) is 0. The summed E-state index contributed by atoms with van der Waals surface area (Å²) in [6, 6.07) is 0. The first-order valence-electron chi connectivity index (χ1n) is 5.46. The molecular weight excluding hydrogens is 160 g/mol. The maximum Gasteiger partial charge on any atom is 0.0772 e. The third-order valence-electron chi connectivity index (χ3n) is 3.40. The van der Waals surface area contributed by atoms with Crippen molar-refractivity contribution in [1.29, 1.82) is 0 Å². The molecule has 1 nitrogen and oxygen atoms in total. The van der Waals surface area contributed by atoms with Gasteiger partial charge in [-0.15, -0.1) is 0 Å². The maximum atomic E-state index is 9.85. The van der Waals surface area contributed by atoms with Gasteiger partial charge in [0.05, 0.1) is 6.10 Å². The van der Waals surface area contributed by atoms with E-state index in [2.05, 4.69) is 13.5 Å². The van der Waals surface area contributed by atoms with E-state index in [-0.39, 0.29) is 6.10 Å². The van der Waals surface area contributed by atoms with Crippen LogP contribution in [0.5, 0.6) is 0 Å². The van der Waals surface area contributed by atoms with E-state index in [0.717, 1.165) is 11.5 Å². The first-order chi connectivity index (χ1) is 6.13. The van der Waals surface area contributed by atoms with Crippen molar-refractivity contribution in [2.75, 3.05) is 0 Å². The van der Waals surface area contributed by atoms with E-state index in [0.29, 0.717) is 5.92 Å². The number of hydrogen-bond donors (Lipinski definition) is 1. The van der Waals surface area contributed by atoms with E-state index < -0.39 is 0 Å². The molecule has 0 radical (unpaired) electrons. The van der Waals surface area contributed by atoms with Gasteiger partial charge in [-0.25, -0.2) is 0 Å². The minimum absolute atomic E-state index is 0.289. The van der Waals surface area contributed by atoms with Crippen LogP contribution in [0.15, 0.2) is 12.2 Å². The molecular formula is C12H22O. The van der Waals surface area contributed by atoms with Gasteiger partial charge in [-0.05, 0) is 18.8 Å². The molecule has 0 bridgehead atoms. The van der Waals surface area contributed by atoms with E-state index in [1.165, 1.54) is 32.1 Å². The standard InChI is InChI=1S/C12H22O/c1-9(2)12(13)10(3)11-7-5-4-6-8-11/h10-13H,1,4-8H2,2-3H3/t10-,12+/m0/s1. The minimum atomic E-state index is -0.289. The summed E-state index contributed by atoms with van der Waals surface area (Å²) in [6.45, 7) is 7.90. The number of aliphatic hydroxyl groups excluding tert-OH is 1. The van der Waals surface area contributed by atoms with E-state index in [1.807, 2.05) is 6.92 Å². The van der Waals surface area contributed by atoms with Gasteiger partial charge < -0.3 is 5.11 Å². The molecule has 1 saturated carbocycles. The number of rotatable bonds is 3. The second-order valence-corrected chi connectivity index (χ2v) is 4.55. The van der Waals surface area contributed by atoms with Gasteiger partial charge in [0.2, 0.25) is 0 Å². The van der Waals surface area contributed by atoms with Crippen molar-refractivity contribution in [3.63, 3.8) is 0 Å². The zero-order chi connectivity index (χ0) is 9.84. The molecule has 0 saturated heterocycles. The van der Waals surface area contributed by atoms with Crippen LogP contribution in [0.1, 0.15) is 46.0 Å². The lowest BCUT2D eigenvalue weighted by Gasteiger charge is -2.31. The predicted octanol–water partition coefficient (Wildman–Crippen LogP) is 3.14. The van der Waals surface area contributed by atoms with Gasteiger partial charge in [-0.3, -0.25) is 0 Å². The Kier molecular flexibility index (Phi) is 3.98. The highest BCUT2D eigenvalue weighted by Gasteiger charge is 2.25. The third kappa shape index (κ3) is 2.84. The number of hydrogen-bond acceptors (Lipinski definition) is 1. The lowest BCUT2D eigenvalue weighted by Crippen LogP contribution is -2.27. The van der Waals surface area contributed by atoms with Crippen LogP contribution in [0.2, 0.25) is 0 Å². The van der Waals surface area contributed by atoms with Crippen LogP contribution >= 0.6 is 0 Å². The quantitative estimate of drug-likeness (QED) is 0.665. The van der Waals surface area contributed by atoms with Crippen molar-refractivity contribution in [3.05, 3.63) is 12.2 Å². The van der Waals surface area contributed by atoms with E-state index in [4.69, 9.17) is 0 Å². The summed E-state index contributed by atoms with van der Waals surface area (Å²) in [5.74, 6) is 1.12. The lowest BCUT2D eigenvalue weighted by atomic mass is 9.77. The molecule has 0 heterocycles. The van der Waals surface area contributed by atoms with Gasteiger partial charge >= 0.3 is 0 Å². The summed E-state index contributed by atoms with van der Waals surface area (Å²) >= 11 is 0. The summed E-state index contributed by atoms with van der Waals surface area (Å²) < 4.78 is 0.